The SMILES string of the molecule is CCNC(=NCc1ccc(F)c(Cl)c1)N1CC(C)C(C(=O)OC)C1. The highest BCUT2D eigenvalue weighted by Gasteiger charge is 2.36. The molecule has 1 aliphatic rings. The minimum Gasteiger partial charge on any atom is -0.469 e. The highest BCUT2D eigenvalue weighted by Crippen LogP contribution is 2.24. The standard InChI is InChI=1S/C17H23ClFN3O2/c1-4-20-17(21-8-12-5-6-15(19)14(18)7-12)22-9-11(2)13(10-22)16(23)24-3/h5-7,11,13H,4,8-10H2,1-3H3,(H,20,21). The first kappa shape index (κ1) is 18.5. The second-order valence-electron chi connectivity index (χ2n) is 5.93. The summed E-state index contributed by atoms with van der Waals surface area (Å²) in [4.78, 5) is 18.5. The lowest BCUT2D eigenvalue weighted by molar-refractivity contribution is -0.145. The third-order valence-corrected chi connectivity index (χ3v) is 4.44. The van der Waals surface area contributed by atoms with Gasteiger partial charge in [-0.2, -0.15) is 0 Å². The molecule has 2 rings (SSSR count). The molecule has 1 heterocycles. The zero-order valence-corrected chi connectivity index (χ0v) is 14.9. The van der Waals surface area contributed by atoms with Gasteiger partial charge in [0.1, 0.15) is 5.82 Å². The molecular formula is C17H23ClFN3O2. The van der Waals surface area contributed by atoms with E-state index in [2.05, 4.69) is 15.2 Å². The van der Waals surface area contributed by atoms with E-state index in [1.807, 2.05) is 13.8 Å². The number of ether oxygens (including phenoxy) is 1. The maximum absolute atomic E-state index is 13.2. The van der Waals surface area contributed by atoms with Gasteiger partial charge in [-0.25, -0.2) is 9.38 Å². The molecule has 2 unspecified atom stereocenters. The summed E-state index contributed by atoms with van der Waals surface area (Å²) in [6.45, 7) is 6.43. The van der Waals surface area contributed by atoms with Gasteiger partial charge in [-0.15, -0.1) is 0 Å². The number of rotatable bonds is 4. The van der Waals surface area contributed by atoms with Crippen LogP contribution in [0.5, 0.6) is 0 Å². The van der Waals surface area contributed by atoms with Gasteiger partial charge in [0, 0.05) is 19.6 Å². The molecule has 0 aromatic heterocycles. The molecule has 1 saturated heterocycles. The molecule has 132 valence electrons. The monoisotopic (exact) mass is 355 g/mol. The largest absolute Gasteiger partial charge is 0.469 e. The van der Waals surface area contributed by atoms with Gasteiger partial charge in [-0.05, 0) is 30.5 Å². The van der Waals surface area contributed by atoms with Gasteiger partial charge in [-0.3, -0.25) is 4.79 Å². The Morgan fingerprint density at radius 1 is 1.50 bits per heavy atom. The van der Waals surface area contributed by atoms with Gasteiger partial charge >= 0.3 is 5.97 Å². The second kappa shape index (κ2) is 8.33. The van der Waals surface area contributed by atoms with E-state index in [0.717, 1.165) is 24.6 Å². The van der Waals surface area contributed by atoms with Crippen molar-refractivity contribution in [1.82, 2.24) is 10.2 Å². The first-order chi connectivity index (χ1) is 11.5. The predicted octanol–water partition coefficient (Wildman–Crippen LogP) is 2.69. The average molecular weight is 356 g/mol. The van der Waals surface area contributed by atoms with Crippen molar-refractivity contribution in [1.29, 1.82) is 0 Å². The van der Waals surface area contributed by atoms with E-state index in [-0.39, 0.29) is 22.8 Å². The fourth-order valence-electron chi connectivity index (χ4n) is 2.83. The third kappa shape index (κ3) is 4.38. The number of likely N-dealkylation sites (tertiary alicyclic amines) is 1. The predicted molar refractivity (Wildman–Crippen MR) is 92.5 cm³/mol. The van der Waals surface area contributed by atoms with E-state index >= 15 is 0 Å². The van der Waals surface area contributed by atoms with Gasteiger partial charge in [0.2, 0.25) is 0 Å². The van der Waals surface area contributed by atoms with Crippen LogP contribution in [0.15, 0.2) is 23.2 Å². The summed E-state index contributed by atoms with van der Waals surface area (Å²) in [5.74, 6) is 0.147. The summed E-state index contributed by atoms with van der Waals surface area (Å²) in [6, 6.07) is 4.58. The number of benzene rings is 1. The van der Waals surface area contributed by atoms with Crippen LogP contribution in [0.25, 0.3) is 0 Å². The molecule has 2 atom stereocenters. The van der Waals surface area contributed by atoms with Crippen LogP contribution in [0.2, 0.25) is 5.02 Å². The molecule has 1 aromatic rings. The number of esters is 1. The summed E-state index contributed by atoms with van der Waals surface area (Å²) in [7, 11) is 1.41. The summed E-state index contributed by atoms with van der Waals surface area (Å²) in [5.41, 5.74) is 0.827. The molecule has 7 heteroatoms. The molecule has 1 aromatic carbocycles. The van der Waals surface area contributed by atoms with Crippen molar-refractivity contribution in [2.45, 2.75) is 20.4 Å². The summed E-state index contributed by atoms with van der Waals surface area (Å²) >= 11 is 5.81. The highest BCUT2D eigenvalue weighted by atomic mass is 35.5. The molecule has 1 fully saturated rings. The van der Waals surface area contributed by atoms with Crippen molar-refractivity contribution in [2.75, 3.05) is 26.7 Å². The zero-order valence-electron chi connectivity index (χ0n) is 14.2. The van der Waals surface area contributed by atoms with Crippen molar-refractivity contribution in [3.05, 3.63) is 34.6 Å². The van der Waals surface area contributed by atoms with E-state index in [9.17, 15) is 9.18 Å². The minimum absolute atomic E-state index is 0.0910. The first-order valence-electron chi connectivity index (χ1n) is 8.01. The number of nitrogens with one attached hydrogen (secondary N) is 1. The fraction of sp³-hybridized carbons (Fsp3) is 0.529. The molecule has 0 aliphatic carbocycles. The van der Waals surface area contributed by atoms with E-state index in [4.69, 9.17) is 16.3 Å². The number of halogens is 2. The Hall–Kier alpha value is -1.82. The minimum atomic E-state index is -0.439. The molecule has 24 heavy (non-hydrogen) atoms. The first-order valence-corrected chi connectivity index (χ1v) is 8.39. The van der Waals surface area contributed by atoms with Gasteiger partial charge in [0.25, 0.3) is 0 Å². The van der Waals surface area contributed by atoms with E-state index in [0.29, 0.717) is 13.1 Å². The van der Waals surface area contributed by atoms with Crippen LogP contribution in [0.3, 0.4) is 0 Å². The average Bonchev–Trinajstić information content (AvgIpc) is 2.95. The van der Waals surface area contributed by atoms with Gasteiger partial charge in [-0.1, -0.05) is 24.6 Å². The summed E-state index contributed by atoms with van der Waals surface area (Å²) < 4.78 is 18.1. The lowest BCUT2D eigenvalue weighted by Gasteiger charge is -2.21. The quantitative estimate of drug-likeness (QED) is 0.512. The maximum Gasteiger partial charge on any atom is 0.310 e. The number of guanidine groups is 1. The lowest BCUT2D eigenvalue weighted by Crippen LogP contribution is -2.40. The molecule has 0 amide bonds. The van der Waals surface area contributed by atoms with Crippen LogP contribution in [0.4, 0.5) is 4.39 Å². The molecule has 0 radical (unpaired) electrons. The number of carbonyl (C=O) groups is 1. The van der Waals surface area contributed by atoms with E-state index in [1.54, 1.807) is 12.1 Å². The Kier molecular flexibility index (Phi) is 6.43. The van der Waals surface area contributed by atoms with Crippen LogP contribution in [-0.2, 0) is 16.1 Å². The molecule has 0 bridgehead atoms. The molecule has 1 aliphatic heterocycles. The second-order valence-corrected chi connectivity index (χ2v) is 6.34. The number of hydrogen-bond donors (Lipinski definition) is 1. The van der Waals surface area contributed by atoms with Crippen LogP contribution in [0.1, 0.15) is 19.4 Å². The van der Waals surface area contributed by atoms with Crippen molar-refractivity contribution in [3.63, 3.8) is 0 Å². The fourth-order valence-corrected chi connectivity index (χ4v) is 3.03. The normalized spacial score (nSPS) is 21.0. The third-order valence-electron chi connectivity index (χ3n) is 4.15. The molecule has 0 spiro atoms. The summed E-state index contributed by atoms with van der Waals surface area (Å²) in [6.07, 6.45) is 0. The van der Waals surface area contributed by atoms with Crippen molar-refractivity contribution < 1.29 is 13.9 Å². The number of nitrogens with zero attached hydrogens (tertiary/aromatic N) is 2. The van der Waals surface area contributed by atoms with Crippen molar-refractivity contribution in [3.8, 4) is 0 Å². The number of carbonyl (C=O) groups excluding carboxylic acids is 1. The van der Waals surface area contributed by atoms with E-state index in [1.165, 1.54) is 13.2 Å². The van der Waals surface area contributed by atoms with Gasteiger partial charge in [0.15, 0.2) is 5.96 Å². The van der Waals surface area contributed by atoms with Crippen LogP contribution >= 0.6 is 11.6 Å². The lowest BCUT2D eigenvalue weighted by atomic mass is 9.99. The Morgan fingerprint density at radius 3 is 2.88 bits per heavy atom. The maximum atomic E-state index is 13.2. The Labute approximate surface area is 146 Å². The Morgan fingerprint density at radius 2 is 2.25 bits per heavy atom. The van der Waals surface area contributed by atoms with Crippen molar-refractivity contribution in [2.24, 2.45) is 16.8 Å². The molecule has 0 saturated carbocycles. The zero-order chi connectivity index (χ0) is 17.7. The number of methoxy groups -OCH3 is 1. The summed E-state index contributed by atoms with van der Waals surface area (Å²) in [5, 5.41) is 3.33. The topological polar surface area (TPSA) is 53.9 Å². The molecule has 1 N–H and O–H groups in total. The number of aliphatic imine (C=N–C) groups is 1. The molecular weight excluding hydrogens is 333 g/mol. The molecule has 5 nitrogen and oxygen atoms in total. The van der Waals surface area contributed by atoms with Gasteiger partial charge in [0.05, 0.1) is 24.6 Å². The smallest absolute Gasteiger partial charge is 0.310 e. The van der Waals surface area contributed by atoms with Crippen LogP contribution < -0.4 is 5.32 Å². The number of hydrogen-bond acceptors (Lipinski definition) is 3. The van der Waals surface area contributed by atoms with Gasteiger partial charge < -0.3 is 15.0 Å². The van der Waals surface area contributed by atoms with Crippen LogP contribution in [-0.4, -0.2) is 43.6 Å². The van der Waals surface area contributed by atoms with Crippen LogP contribution in [0, 0.1) is 17.7 Å². The highest BCUT2D eigenvalue weighted by molar-refractivity contribution is 6.30. The van der Waals surface area contributed by atoms with Crippen molar-refractivity contribution >= 4 is 23.5 Å². The Balaban J connectivity index is 2.11. The Bertz CT molecular complexity index is 624. The van der Waals surface area contributed by atoms with E-state index < -0.39 is 5.82 Å².